The number of carbonyl (C=O) groups excluding carboxylic acids is 2. The van der Waals surface area contributed by atoms with E-state index in [1.165, 1.54) is 24.3 Å². The molecule has 4 rings (SSSR count). The molecule has 6 N–H and O–H groups in total. The second kappa shape index (κ2) is 12.8. The zero-order chi connectivity index (χ0) is 34.7. The van der Waals surface area contributed by atoms with Gasteiger partial charge >= 0.3 is 47.8 Å². The van der Waals surface area contributed by atoms with E-state index in [4.69, 9.17) is 4.74 Å². The molecule has 0 aromatic heterocycles. The van der Waals surface area contributed by atoms with Crippen LogP contribution in [0.15, 0.2) is 72.8 Å². The van der Waals surface area contributed by atoms with Crippen molar-refractivity contribution >= 4 is 47.8 Å². The molecular formula is C32H18O15. The predicted molar refractivity (Wildman–Crippen MR) is 155 cm³/mol. The standard InChI is InChI=1S/C32H18O15/c33-25(34)17-5-1-13(9-21(17)29(41)42)15-3-7-19(27(37)38)23(11-15)31(45)47-32(46)24-12-16(4-8-20(24)28(39)40)14-2-6-18(26(35)36)22(10-14)30(43)44/h1-12H,(H,33,34)(H,35,36)(H,37,38)(H,39,40)(H,41,42)(H,43,44). The van der Waals surface area contributed by atoms with Gasteiger partial charge in [-0.1, -0.05) is 24.3 Å². The van der Waals surface area contributed by atoms with Gasteiger partial charge in [0.05, 0.1) is 44.5 Å². The maximum atomic E-state index is 13.2. The average Bonchev–Trinajstić information content (AvgIpc) is 3.03. The molecule has 47 heavy (non-hydrogen) atoms. The van der Waals surface area contributed by atoms with E-state index in [2.05, 4.69) is 0 Å². The number of carboxylic acid groups (broad SMARTS) is 6. The van der Waals surface area contributed by atoms with E-state index in [9.17, 15) is 69.0 Å². The number of hydrogen-bond donors (Lipinski definition) is 6. The van der Waals surface area contributed by atoms with Crippen LogP contribution < -0.4 is 0 Å². The van der Waals surface area contributed by atoms with Crippen molar-refractivity contribution in [2.75, 3.05) is 0 Å². The summed E-state index contributed by atoms with van der Waals surface area (Å²) in [5, 5.41) is 56.7. The molecule has 4 aromatic carbocycles. The lowest BCUT2D eigenvalue weighted by molar-refractivity contribution is 0.0385. The molecule has 0 aliphatic rings. The molecule has 0 aliphatic carbocycles. The van der Waals surface area contributed by atoms with Crippen LogP contribution >= 0.6 is 0 Å². The van der Waals surface area contributed by atoms with E-state index in [1.54, 1.807) is 0 Å². The molecule has 0 saturated heterocycles. The number of carbonyl (C=O) groups is 8. The molecule has 0 aliphatic heterocycles. The maximum absolute atomic E-state index is 13.2. The first kappa shape index (κ1) is 32.7. The maximum Gasteiger partial charge on any atom is 0.346 e. The molecule has 0 atom stereocenters. The summed E-state index contributed by atoms with van der Waals surface area (Å²) in [7, 11) is 0. The van der Waals surface area contributed by atoms with Crippen LogP contribution in [-0.2, 0) is 4.74 Å². The molecule has 0 heterocycles. The number of hydrogen-bond acceptors (Lipinski definition) is 9. The van der Waals surface area contributed by atoms with Crippen LogP contribution in [0.3, 0.4) is 0 Å². The summed E-state index contributed by atoms with van der Waals surface area (Å²) < 4.78 is 4.86. The summed E-state index contributed by atoms with van der Waals surface area (Å²) >= 11 is 0. The minimum Gasteiger partial charge on any atom is -0.478 e. The summed E-state index contributed by atoms with van der Waals surface area (Å²) in [5.74, 6) is -12.6. The number of ether oxygens (including phenoxy) is 1. The van der Waals surface area contributed by atoms with Crippen LogP contribution in [0.5, 0.6) is 0 Å². The largest absolute Gasteiger partial charge is 0.478 e. The second-order valence-electron chi connectivity index (χ2n) is 9.55. The van der Waals surface area contributed by atoms with Crippen LogP contribution in [0.1, 0.15) is 82.9 Å². The van der Waals surface area contributed by atoms with Gasteiger partial charge in [0.2, 0.25) is 0 Å². The third kappa shape index (κ3) is 6.68. The second-order valence-corrected chi connectivity index (χ2v) is 9.55. The minimum atomic E-state index is -1.63. The average molecular weight is 642 g/mol. The predicted octanol–water partition coefficient (Wildman–Crippen LogP) is 4.21. The van der Waals surface area contributed by atoms with E-state index < -0.39 is 92.3 Å². The molecule has 236 valence electrons. The summed E-state index contributed by atoms with van der Waals surface area (Å²) in [6.07, 6.45) is 0. The van der Waals surface area contributed by atoms with Crippen molar-refractivity contribution in [3.8, 4) is 22.3 Å². The van der Waals surface area contributed by atoms with Crippen molar-refractivity contribution in [1.29, 1.82) is 0 Å². The Morgan fingerprint density at radius 3 is 0.766 bits per heavy atom. The first-order chi connectivity index (χ1) is 22.1. The number of esters is 2. The van der Waals surface area contributed by atoms with Gasteiger partial charge in [-0.2, -0.15) is 0 Å². The van der Waals surface area contributed by atoms with Gasteiger partial charge in [0, 0.05) is 0 Å². The fourth-order valence-electron chi connectivity index (χ4n) is 4.53. The van der Waals surface area contributed by atoms with Crippen LogP contribution in [0.2, 0.25) is 0 Å². The molecule has 0 bridgehead atoms. The number of carboxylic acids is 6. The molecule has 0 unspecified atom stereocenters. The Kier molecular flexibility index (Phi) is 8.94. The molecule has 0 spiro atoms. The highest BCUT2D eigenvalue weighted by molar-refractivity contribution is 6.12. The topological polar surface area (TPSA) is 267 Å². The Bertz CT molecular complexity index is 1930. The van der Waals surface area contributed by atoms with Gasteiger partial charge in [0.15, 0.2) is 0 Å². The summed E-state index contributed by atoms with van der Waals surface area (Å²) in [6.45, 7) is 0. The van der Waals surface area contributed by atoms with Gasteiger partial charge in [-0.15, -0.1) is 0 Å². The fourth-order valence-corrected chi connectivity index (χ4v) is 4.53. The van der Waals surface area contributed by atoms with E-state index in [1.807, 2.05) is 0 Å². The fraction of sp³-hybridized carbons (Fsp3) is 0. The summed E-state index contributed by atoms with van der Waals surface area (Å²) in [4.78, 5) is 96.1. The Morgan fingerprint density at radius 2 is 0.532 bits per heavy atom. The van der Waals surface area contributed by atoms with Crippen molar-refractivity contribution in [2.24, 2.45) is 0 Å². The Morgan fingerprint density at radius 1 is 0.319 bits per heavy atom. The van der Waals surface area contributed by atoms with E-state index in [-0.39, 0.29) is 22.3 Å². The molecular weight excluding hydrogens is 624 g/mol. The first-order valence-electron chi connectivity index (χ1n) is 12.8. The van der Waals surface area contributed by atoms with Crippen molar-refractivity contribution in [3.63, 3.8) is 0 Å². The summed E-state index contributed by atoms with van der Waals surface area (Å²) in [6, 6.07) is 12.5. The molecule has 0 radical (unpaired) electrons. The number of rotatable bonds is 10. The lowest BCUT2D eigenvalue weighted by Crippen LogP contribution is -2.18. The highest BCUT2D eigenvalue weighted by Gasteiger charge is 2.26. The number of aromatic carboxylic acids is 6. The third-order valence-corrected chi connectivity index (χ3v) is 6.75. The van der Waals surface area contributed by atoms with Gasteiger partial charge in [0.1, 0.15) is 0 Å². The first-order valence-corrected chi connectivity index (χ1v) is 12.8. The van der Waals surface area contributed by atoms with E-state index in [0.29, 0.717) is 0 Å². The van der Waals surface area contributed by atoms with Gasteiger partial charge < -0.3 is 35.4 Å². The van der Waals surface area contributed by atoms with Crippen LogP contribution in [0.4, 0.5) is 0 Å². The molecule has 0 amide bonds. The Balaban J connectivity index is 1.76. The molecule has 15 nitrogen and oxygen atoms in total. The molecule has 0 saturated carbocycles. The normalized spacial score (nSPS) is 10.5. The van der Waals surface area contributed by atoms with E-state index >= 15 is 0 Å². The SMILES string of the molecule is O=C(O)c1ccc(-c2ccc(C(=O)O)c(C(=O)OC(=O)c3cc(-c4ccc(C(=O)O)c(C(=O)O)c4)ccc3C(=O)O)c2)cc1C(=O)O. The lowest BCUT2D eigenvalue weighted by atomic mass is 9.95. The van der Waals surface area contributed by atoms with Crippen molar-refractivity contribution in [3.05, 3.63) is 117 Å². The number of benzene rings is 4. The van der Waals surface area contributed by atoms with Crippen molar-refractivity contribution in [1.82, 2.24) is 0 Å². The van der Waals surface area contributed by atoms with Gasteiger partial charge in [-0.25, -0.2) is 38.4 Å². The monoisotopic (exact) mass is 642 g/mol. The van der Waals surface area contributed by atoms with Crippen LogP contribution in [-0.4, -0.2) is 78.4 Å². The minimum absolute atomic E-state index is 0.0288. The smallest absolute Gasteiger partial charge is 0.346 e. The Labute approximate surface area is 261 Å². The zero-order valence-electron chi connectivity index (χ0n) is 23.3. The van der Waals surface area contributed by atoms with E-state index in [0.717, 1.165) is 48.5 Å². The molecule has 4 aromatic rings. The van der Waals surface area contributed by atoms with Gasteiger partial charge in [-0.05, 0) is 70.8 Å². The van der Waals surface area contributed by atoms with Crippen LogP contribution in [0, 0.1) is 0 Å². The highest BCUT2D eigenvalue weighted by atomic mass is 16.6. The zero-order valence-corrected chi connectivity index (χ0v) is 23.3. The van der Waals surface area contributed by atoms with Gasteiger partial charge in [-0.3, -0.25) is 0 Å². The summed E-state index contributed by atoms with van der Waals surface area (Å²) in [5.41, 5.74) is -4.83. The van der Waals surface area contributed by atoms with Crippen molar-refractivity contribution in [2.45, 2.75) is 0 Å². The quantitative estimate of drug-likeness (QED) is 0.104. The van der Waals surface area contributed by atoms with Crippen LogP contribution in [0.25, 0.3) is 22.3 Å². The Hall–Kier alpha value is -7.16. The lowest BCUT2D eigenvalue weighted by Gasteiger charge is -2.12. The molecule has 0 fully saturated rings. The van der Waals surface area contributed by atoms with Gasteiger partial charge in [0.25, 0.3) is 0 Å². The molecule has 15 heteroatoms. The van der Waals surface area contributed by atoms with Crippen molar-refractivity contribution < 1.29 is 73.7 Å². The highest BCUT2D eigenvalue weighted by Crippen LogP contribution is 2.29. The third-order valence-electron chi connectivity index (χ3n) is 6.75.